The maximum atomic E-state index is 12.2. The van der Waals surface area contributed by atoms with E-state index in [9.17, 15) is 9.59 Å². The summed E-state index contributed by atoms with van der Waals surface area (Å²) in [5, 5.41) is 13.8. The Bertz CT molecular complexity index is 1020. The molecule has 0 saturated carbocycles. The molecule has 1 saturated heterocycles. The standard InChI is InChI=1S/C21H21BrN4O4S/c1-3-29-17-9-14(10-23-26-21-25-19(28)12-31-21)8-16(22)20(17)30-11-18(27)24-15-6-4-13(2)5-7-15/h4-10H,3,11-12H2,1-2H3,(H,24,27)(H,25,26,28). The number of carbonyl (C=O) groups excluding carboxylic acids is 2. The van der Waals surface area contributed by atoms with Gasteiger partial charge in [-0.2, -0.15) is 5.10 Å². The molecule has 31 heavy (non-hydrogen) atoms. The third-order valence-corrected chi connectivity index (χ3v) is 5.41. The lowest BCUT2D eigenvalue weighted by molar-refractivity contribution is -0.118. The number of carbonyl (C=O) groups is 2. The number of anilines is 1. The van der Waals surface area contributed by atoms with Crippen LogP contribution in [0.1, 0.15) is 18.1 Å². The highest BCUT2D eigenvalue weighted by Gasteiger charge is 2.16. The molecular formula is C21H21BrN4O4S. The van der Waals surface area contributed by atoms with Gasteiger partial charge in [0, 0.05) is 5.69 Å². The number of nitrogens with one attached hydrogen (secondary N) is 2. The smallest absolute Gasteiger partial charge is 0.262 e. The van der Waals surface area contributed by atoms with E-state index >= 15 is 0 Å². The number of hydrogen-bond donors (Lipinski definition) is 2. The maximum Gasteiger partial charge on any atom is 0.262 e. The first-order valence-corrected chi connectivity index (χ1v) is 11.2. The Morgan fingerprint density at radius 3 is 2.74 bits per heavy atom. The van der Waals surface area contributed by atoms with Crippen molar-refractivity contribution in [3.63, 3.8) is 0 Å². The van der Waals surface area contributed by atoms with Gasteiger partial charge >= 0.3 is 0 Å². The number of ether oxygens (including phenoxy) is 2. The van der Waals surface area contributed by atoms with E-state index in [0.29, 0.717) is 44.7 Å². The predicted molar refractivity (Wildman–Crippen MR) is 126 cm³/mol. The Hall–Kier alpha value is -2.85. The van der Waals surface area contributed by atoms with Crippen LogP contribution in [-0.2, 0) is 9.59 Å². The lowest BCUT2D eigenvalue weighted by Gasteiger charge is -2.14. The van der Waals surface area contributed by atoms with Crippen molar-refractivity contribution in [1.82, 2.24) is 5.32 Å². The Balaban J connectivity index is 1.67. The van der Waals surface area contributed by atoms with Crippen LogP contribution in [-0.4, -0.2) is 42.2 Å². The largest absolute Gasteiger partial charge is 0.490 e. The molecule has 2 aromatic rings. The van der Waals surface area contributed by atoms with E-state index in [1.807, 2.05) is 38.1 Å². The number of thioether (sulfide) groups is 1. The Morgan fingerprint density at radius 1 is 1.29 bits per heavy atom. The minimum Gasteiger partial charge on any atom is -0.490 e. The fourth-order valence-electron chi connectivity index (χ4n) is 2.56. The van der Waals surface area contributed by atoms with Gasteiger partial charge < -0.3 is 20.1 Å². The van der Waals surface area contributed by atoms with E-state index in [2.05, 4.69) is 36.8 Å². The molecule has 2 aromatic carbocycles. The molecule has 8 nitrogen and oxygen atoms in total. The zero-order valence-corrected chi connectivity index (χ0v) is 19.4. The molecule has 0 bridgehead atoms. The van der Waals surface area contributed by atoms with Gasteiger partial charge in [0.25, 0.3) is 5.91 Å². The van der Waals surface area contributed by atoms with E-state index in [1.165, 1.54) is 11.8 Å². The van der Waals surface area contributed by atoms with Crippen LogP contribution in [0.5, 0.6) is 11.5 Å². The lowest BCUT2D eigenvalue weighted by Crippen LogP contribution is -2.20. The van der Waals surface area contributed by atoms with E-state index in [1.54, 1.807) is 18.3 Å². The summed E-state index contributed by atoms with van der Waals surface area (Å²) in [6, 6.07) is 11.0. The predicted octanol–water partition coefficient (Wildman–Crippen LogP) is 3.73. The Morgan fingerprint density at radius 2 is 2.06 bits per heavy atom. The van der Waals surface area contributed by atoms with Crippen molar-refractivity contribution in [1.29, 1.82) is 0 Å². The number of aryl methyl sites for hydroxylation is 1. The van der Waals surface area contributed by atoms with E-state index < -0.39 is 0 Å². The van der Waals surface area contributed by atoms with Gasteiger partial charge in [0.05, 0.1) is 23.0 Å². The highest BCUT2D eigenvalue weighted by Crippen LogP contribution is 2.36. The van der Waals surface area contributed by atoms with Crippen molar-refractivity contribution in [3.05, 3.63) is 52.0 Å². The van der Waals surface area contributed by atoms with Gasteiger partial charge in [0.2, 0.25) is 5.91 Å². The Kier molecular flexibility index (Phi) is 8.07. The second-order valence-electron chi connectivity index (χ2n) is 6.45. The van der Waals surface area contributed by atoms with Crippen LogP contribution in [0.4, 0.5) is 5.69 Å². The number of halogens is 1. The molecule has 1 heterocycles. The molecule has 0 radical (unpaired) electrons. The van der Waals surface area contributed by atoms with E-state index in [-0.39, 0.29) is 18.4 Å². The van der Waals surface area contributed by atoms with Gasteiger partial charge in [-0.25, -0.2) is 0 Å². The molecule has 162 valence electrons. The normalized spacial score (nSPS) is 14.7. The topological polar surface area (TPSA) is 101 Å². The molecule has 1 aliphatic heterocycles. The summed E-state index contributed by atoms with van der Waals surface area (Å²) >= 11 is 4.76. The van der Waals surface area contributed by atoms with Crippen LogP contribution < -0.4 is 20.1 Å². The molecule has 1 fully saturated rings. The number of benzene rings is 2. The van der Waals surface area contributed by atoms with E-state index in [4.69, 9.17) is 9.47 Å². The number of rotatable bonds is 8. The first kappa shape index (κ1) is 22.8. The van der Waals surface area contributed by atoms with Crippen LogP contribution in [0.15, 0.2) is 51.1 Å². The molecule has 0 aromatic heterocycles. The second kappa shape index (κ2) is 11.0. The van der Waals surface area contributed by atoms with Gasteiger partial charge in [0.15, 0.2) is 23.3 Å². The number of hydrogen-bond acceptors (Lipinski definition) is 7. The number of nitrogens with zero attached hydrogens (tertiary/aromatic N) is 2. The molecule has 3 rings (SSSR count). The van der Waals surface area contributed by atoms with Gasteiger partial charge in [-0.05, 0) is 59.6 Å². The van der Waals surface area contributed by atoms with Crippen LogP contribution in [0.2, 0.25) is 0 Å². The third kappa shape index (κ3) is 6.83. The SMILES string of the molecule is CCOc1cc(C=NN=C2NC(=O)CS2)cc(Br)c1OCC(=O)Nc1ccc(C)cc1. The summed E-state index contributed by atoms with van der Waals surface area (Å²) in [5.41, 5.74) is 2.53. The van der Waals surface area contributed by atoms with Crippen LogP contribution in [0.3, 0.4) is 0 Å². The van der Waals surface area contributed by atoms with Crippen LogP contribution in [0.25, 0.3) is 0 Å². The summed E-state index contributed by atoms with van der Waals surface area (Å²) in [5.74, 6) is 0.863. The fraction of sp³-hybridized carbons (Fsp3) is 0.238. The fourth-order valence-corrected chi connectivity index (χ4v) is 3.77. The monoisotopic (exact) mass is 504 g/mol. The molecule has 0 atom stereocenters. The molecule has 2 amide bonds. The molecule has 0 unspecified atom stereocenters. The summed E-state index contributed by atoms with van der Waals surface area (Å²) in [6.07, 6.45) is 1.54. The zero-order chi connectivity index (χ0) is 22.2. The third-order valence-electron chi connectivity index (χ3n) is 3.96. The summed E-state index contributed by atoms with van der Waals surface area (Å²) in [4.78, 5) is 23.4. The van der Waals surface area contributed by atoms with Crippen molar-refractivity contribution in [2.75, 3.05) is 24.3 Å². The van der Waals surface area contributed by atoms with E-state index in [0.717, 1.165) is 5.56 Å². The van der Waals surface area contributed by atoms with Gasteiger partial charge in [-0.1, -0.05) is 29.5 Å². The molecule has 0 spiro atoms. The van der Waals surface area contributed by atoms with Gasteiger partial charge in [0.1, 0.15) is 0 Å². The first-order valence-electron chi connectivity index (χ1n) is 9.44. The number of amides is 2. The summed E-state index contributed by atoms with van der Waals surface area (Å²) in [7, 11) is 0. The minimum absolute atomic E-state index is 0.0896. The van der Waals surface area contributed by atoms with Crippen molar-refractivity contribution in [3.8, 4) is 11.5 Å². The van der Waals surface area contributed by atoms with Gasteiger partial charge in [-0.15, -0.1) is 5.10 Å². The minimum atomic E-state index is -0.282. The zero-order valence-electron chi connectivity index (χ0n) is 17.0. The molecule has 2 N–H and O–H groups in total. The second-order valence-corrected chi connectivity index (χ2v) is 8.27. The molecule has 10 heteroatoms. The van der Waals surface area contributed by atoms with Crippen molar-refractivity contribution < 1.29 is 19.1 Å². The van der Waals surface area contributed by atoms with Crippen molar-refractivity contribution >= 4 is 56.6 Å². The highest BCUT2D eigenvalue weighted by molar-refractivity contribution is 9.10. The molecule has 1 aliphatic rings. The summed E-state index contributed by atoms with van der Waals surface area (Å²) in [6.45, 7) is 4.08. The lowest BCUT2D eigenvalue weighted by atomic mass is 10.2. The number of amidine groups is 1. The van der Waals surface area contributed by atoms with Crippen LogP contribution in [0, 0.1) is 6.92 Å². The summed E-state index contributed by atoms with van der Waals surface area (Å²) < 4.78 is 12.0. The average molecular weight is 505 g/mol. The molecule has 0 aliphatic carbocycles. The maximum absolute atomic E-state index is 12.2. The highest BCUT2D eigenvalue weighted by atomic mass is 79.9. The van der Waals surface area contributed by atoms with Crippen LogP contribution >= 0.6 is 27.7 Å². The quantitative estimate of drug-likeness (QED) is 0.421. The van der Waals surface area contributed by atoms with Gasteiger partial charge in [-0.3, -0.25) is 9.59 Å². The van der Waals surface area contributed by atoms with Crippen molar-refractivity contribution in [2.24, 2.45) is 10.2 Å². The first-order chi connectivity index (χ1) is 14.9. The average Bonchev–Trinajstić information content (AvgIpc) is 3.14. The van der Waals surface area contributed by atoms with Crippen molar-refractivity contribution in [2.45, 2.75) is 13.8 Å². The Labute approximate surface area is 192 Å². The molecular weight excluding hydrogens is 484 g/mol.